The van der Waals surface area contributed by atoms with E-state index in [1.807, 2.05) is 0 Å². The largest absolute Gasteiger partial charge is 0.396 e. The Morgan fingerprint density at radius 2 is 1.92 bits per heavy atom. The van der Waals surface area contributed by atoms with Crippen LogP contribution in [-0.4, -0.2) is 29.5 Å². The molecule has 138 valence electrons. The summed E-state index contributed by atoms with van der Waals surface area (Å²) < 4.78 is 0. The fraction of sp³-hybridized carbons (Fsp3) is 0.905. The minimum Gasteiger partial charge on any atom is -0.396 e. The molecule has 0 aromatic carbocycles. The van der Waals surface area contributed by atoms with Gasteiger partial charge in [0.2, 0.25) is 0 Å². The Morgan fingerprint density at radius 1 is 1.17 bits per heavy atom. The van der Waals surface area contributed by atoms with Crippen LogP contribution in [0.3, 0.4) is 0 Å². The van der Waals surface area contributed by atoms with Crippen molar-refractivity contribution in [2.75, 3.05) is 13.2 Å². The summed E-state index contributed by atoms with van der Waals surface area (Å²) in [6, 6.07) is 0. The van der Waals surface area contributed by atoms with E-state index in [0.717, 1.165) is 25.8 Å². The van der Waals surface area contributed by atoms with Gasteiger partial charge in [0.1, 0.15) is 0 Å². The topological polar surface area (TPSA) is 66.5 Å². The Bertz CT molecular complexity index is 490. The van der Waals surface area contributed by atoms with Crippen LogP contribution in [0.15, 0.2) is 11.6 Å². The zero-order chi connectivity index (χ0) is 17.5. The van der Waals surface area contributed by atoms with Crippen LogP contribution in [0, 0.1) is 34.5 Å². The second-order valence-electron chi connectivity index (χ2n) is 9.23. The summed E-state index contributed by atoms with van der Waals surface area (Å²) in [5.74, 6) is 2.04. The van der Waals surface area contributed by atoms with Crippen molar-refractivity contribution >= 4 is 0 Å². The van der Waals surface area contributed by atoms with Crippen molar-refractivity contribution in [3.63, 3.8) is 0 Å². The summed E-state index contributed by atoms with van der Waals surface area (Å²) in [7, 11) is 0. The highest BCUT2D eigenvalue weighted by Gasteiger charge is 2.56. The Hall–Kier alpha value is -0.380. The monoisotopic (exact) mass is 335 g/mol. The fourth-order valence-corrected chi connectivity index (χ4v) is 6.93. The van der Waals surface area contributed by atoms with Gasteiger partial charge in [0, 0.05) is 6.61 Å². The molecule has 0 spiro atoms. The van der Waals surface area contributed by atoms with E-state index >= 15 is 0 Å². The average molecular weight is 336 g/mol. The fourth-order valence-electron chi connectivity index (χ4n) is 6.93. The molecule has 0 radical (unpaired) electrons. The Morgan fingerprint density at radius 3 is 2.54 bits per heavy atom. The van der Waals surface area contributed by atoms with Gasteiger partial charge in [0.05, 0.1) is 6.10 Å². The predicted molar refractivity (Wildman–Crippen MR) is 98.4 cm³/mol. The molecule has 3 heteroatoms. The van der Waals surface area contributed by atoms with Gasteiger partial charge in [-0.15, -0.1) is 0 Å². The summed E-state index contributed by atoms with van der Waals surface area (Å²) in [6.07, 6.45) is 9.76. The van der Waals surface area contributed by atoms with Crippen LogP contribution in [-0.2, 0) is 0 Å². The Kier molecular flexibility index (Phi) is 5.17. The Balaban J connectivity index is 1.89. The first-order chi connectivity index (χ1) is 11.4. The third kappa shape index (κ3) is 2.68. The molecule has 7 atom stereocenters. The molecule has 4 N–H and O–H groups in total. The summed E-state index contributed by atoms with van der Waals surface area (Å²) in [4.78, 5) is 0. The van der Waals surface area contributed by atoms with E-state index in [2.05, 4.69) is 26.8 Å². The van der Waals surface area contributed by atoms with Crippen LogP contribution >= 0.6 is 0 Å². The number of rotatable bonds is 3. The summed E-state index contributed by atoms with van der Waals surface area (Å²) in [6.45, 7) is 8.00. The molecule has 0 aliphatic heterocycles. The van der Waals surface area contributed by atoms with Gasteiger partial charge in [-0.25, -0.2) is 0 Å². The lowest BCUT2D eigenvalue weighted by Crippen LogP contribution is -2.52. The number of fused-ring (bicyclic) bond motifs is 1. The van der Waals surface area contributed by atoms with Crippen LogP contribution in [0.5, 0.6) is 0 Å². The smallest absolute Gasteiger partial charge is 0.0544 e. The van der Waals surface area contributed by atoms with E-state index in [9.17, 15) is 10.2 Å². The molecule has 0 saturated heterocycles. The van der Waals surface area contributed by atoms with E-state index in [1.165, 1.54) is 25.7 Å². The van der Waals surface area contributed by atoms with Gasteiger partial charge in [0.15, 0.2) is 0 Å². The maximum absolute atomic E-state index is 10.1. The van der Waals surface area contributed by atoms with Crippen molar-refractivity contribution in [3.8, 4) is 0 Å². The first kappa shape index (κ1) is 18.4. The number of aliphatic hydroxyl groups excluding tert-OH is 2. The van der Waals surface area contributed by atoms with Crippen molar-refractivity contribution in [1.29, 1.82) is 0 Å². The van der Waals surface area contributed by atoms with Crippen LogP contribution < -0.4 is 5.73 Å². The van der Waals surface area contributed by atoms with Crippen molar-refractivity contribution in [2.45, 2.75) is 71.8 Å². The molecule has 3 aliphatic carbocycles. The molecule has 0 amide bonds. The van der Waals surface area contributed by atoms with Gasteiger partial charge >= 0.3 is 0 Å². The third-order valence-corrected chi connectivity index (χ3v) is 8.48. The van der Waals surface area contributed by atoms with Crippen molar-refractivity contribution < 1.29 is 10.2 Å². The first-order valence-corrected chi connectivity index (χ1v) is 10.0. The summed E-state index contributed by atoms with van der Waals surface area (Å²) in [5.41, 5.74) is 8.45. The molecule has 0 unspecified atom stereocenters. The first-order valence-electron chi connectivity index (χ1n) is 10.0. The van der Waals surface area contributed by atoms with E-state index in [-0.39, 0.29) is 24.0 Å². The molecule has 3 rings (SSSR count). The van der Waals surface area contributed by atoms with Crippen molar-refractivity contribution in [2.24, 2.45) is 40.2 Å². The second kappa shape index (κ2) is 6.74. The van der Waals surface area contributed by atoms with Gasteiger partial charge in [-0.2, -0.15) is 0 Å². The van der Waals surface area contributed by atoms with E-state index in [1.54, 1.807) is 5.57 Å². The van der Waals surface area contributed by atoms with E-state index < -0.39 is 0 Å². The van der Waals surface area contributed by atoms with Crippen LogP contribution in [0.25, 0.3) is 0 Å². The molecule has 3 saturated carbocycles. The van der Waals surface area contributed by atoms with E-state index in [0.29, 0.717) is 23.2 Å². The third-order valence-electron chi connectivity index (χ3n) is 8.48. The highest BCUT2D eigenvalue weighted by atomic mass is 16.3. The lowest BCUT2D eigenvalue weighted by atomic mass is 9.49. The lowest BCUT2D eigenvalue weighted by Gasteiger charge is -2.56. The lowest BCUT2D eigenvalue weighted by molar-refractivity contribution is -0.0917. The SMILES string of the molecule is C/C=C1/CC[C@H]2[C@H](CN)[C@@H]([C@@]3(C)CC[C@H](O)C[C@@H]3CO)CC[C@]12C. The number of hydrogen-bond acceptors (Lipinski definition) is 3. The summed E-state index contributed by atoms with van der Waals surface area (Å²) >= 11 is 0. The molecule has 3 aliphatic rings. The van der Waals surface area contributed by atoms with Gasteiger partial charge in [-0.05, 0) is 92.9 Å². The zero-order valence-electron chi connectivity index (χ0n) is 15.8. The average Bonchev–Trinajstić information content (AvgIpc) is 2.92. The molecule has 3 fully saturated rings. The maximum atomic E-state index is 10.1. The normalized spacial score (nSPS) is 50.9. The molecular formula is C21H37NO2. The molecule has 3 nitrogen and oxygen atoms in total. The minimum absolute atomic E-state index is 0.123. The van der Waals surface area contributed by atoms with Gasteiger partial charge < -0.3 is 15.9 Å². The molecule has 0 aromatic rings. The summed E-state index contributed by atoms with van der Waals surface area (Å²) in [5, 5.41) is 20.1. The van der Waals surface area contributed by atoms with Crippen LogP contribution in [0.1, 0.15) is 65.7 Å². The quantitative estimate of drug-likeness (QED) is 0.692. The number of aliphatic hydroxyl groups is 2. The molecule has 0 bridgehead atoms. The maximum Gasteiger partial charge on any atom is 0.0544 e. The van der Waals surface area contributed by atoms with Crippen LogP contribution in [0.4, 0.5) is 0 Å². The molecular weight excluding hydrogens is 298 g/mol. The minimum atomic E-state index is -0.235. The van der Waals surface area contributed by atoms with Crippen molar-refractivity contribution in [1.82, 2.24) is 0 Å². The standard InChI is InChI=1S/C21H37NO2/c1-4-14-5-6-18-17(12-22)19(8-10-20(14,18)2)21(3)9-7-16(24)11-15(21)13-23/h4,15-19,23-24H,5-13,22H2,1-3H3/b14-4-/t15-,16+,17+,18+,19+,20-,21+/m1/s1. The molecule has 0 aromatic heterocycles. The Labute approximate surface area is 147 Å². The predicted octanol–water partition coefficient (Wildman–Crippen LogP) is 3.49. The van der Waals surface area contributed by atoms with Crippen molar-refractivity contribution in [3.05, 3.63) is 11.6 Å². The zero-order valence-corrected chi connectivity index (χ0v) is 15.8. The highest BCUT2D eigenvalue weighted by Crippen LogP contribution is 2.63. The van der Waals surface area contributed by atoms with Gasteiger partial charge in [0.25, 0.3) is 0 Å². The second-order valence-corrected chi connectivity index (χ2v) is 9.23. The number of hydrogen-bond donors (Lipinski definition) is 3. The highest BCUT2D eigenvalue weighted by molar-refractivity contribution is 5.23. The van der Waals surface area contributed by atoms with Gasteiger partial charge in [-0.1, -0.05) is 25.5 Å². The number of nitrogens with two attached hydrogens (primary N) is 1. The molecule has 0 heterocycles. The van der Waals surface area contributed by atoms with E-state index in [4.69, 9.17) is 5.73 Å². The van der Waals surface area contributed by atoms with Crippen LogP contribution in [0.2, 0.25) is 0 Å². The number of allylic oxidation sites excluding steroid dienone is 2. The van der Waals surface area contributed by atoms with Gasteiger partial charge in [-0.3, -0.25) is 0 Å². The molecule has 24 heavy (non-hydrogen) atoms.